The molecule has 126 valence electrons. The number of aromatic nitrogens is 3. The summed E-state index contributed by atoms with van der Waals surface area (Å²) in [6.07, 6.45) is 1.36. The van der Waals surface area contributed by atoms with Crippen LogP contribution in [0.1, 0.15) is 29.0 Å². The van der Waals surface area contributed by atoms with Crippen LogP contribution in [0.25, 0.3) is 11.4 Å². The van der Waals surface area contributed by atoms with Gasteiger partial charge in [0, 0.05) is 13.6 Å². The number of carbonyl (C=O) groups excluding carboxylic acids is 1. The van der Waals surface area contributed by atoms with Crippen LogP contribution in [0.2, 0.25) is 5.15 Å². The van der Waals surface area contributed by atoms with Gasteiger partial charge in [-0.1, -0.05) is 11.6 Å². The number of amides is 1. The highest BCUT2D eigenvalue weighted by Crippen LogP contribution is 2.27. The van der Waals surface area contributed by atoms with Crippen molar-refractivity contribution < 1.29 is 9.53 Å². The lowest BCUT2D eigenvalue weighted by molar-refractivity contribution is 0.00756. The zero-order chi connectivity index (χ0) is 17.1. The van der Waals surface area contributed by atoms with Crippen LogP contribution in [0.4, 0.5) is 0 Å². The molecule has 0 bridgehead atoms. The van der Waals surface area contributed by atoms with Crippen molar-refractivity contribution in [1.29, 1.82) is 0 Å². The zero-order valence-electron chi connectivity index (χ0n) is 13.4. The third-order valence-corrected chi connectivity index (χ3v) is 4.07. The minimum Gasteiger partial charge on any atom is -0.375 e. The van der Waals surface area contributed by atoms with Crippen molar-refractivity contribution in [2.24, 2.45) is 0 Å². The molecule has 1 aliphatic rings. The highest BCUT2D eigenvalue weighted by atomic mass is 35.5. The molecule has 2 aromatic heterocycles. The molecule has 2 atom stereocenters. The lowest BCUT2D eigenvalue weighted by Gasteiger charge is -2.30. The van der Waals surface area contributed by atoms with Gasteiger partial charge >= 0.3 is 0 Å². The predicted octanol–water partition coefficient (Wildman–Crippen LogP) is 1.60. The van der Waals surface area contributed by atoms with Gasteiger partial charge in [0.2, 0.25) is 0 Å². The Morgan fingerprint density at radius 3 is 2.92 bits per heavy atom. The van der Waals surface area contributed by atoms with Crippen LogP contribution >= 0.6 is 11.6 Å². The second kappa shape index (κ2) is 7.21. The van der Waals surface area contributed by atoms with E-state index >= 15 is 0 Å². The number of halogens is 1. The Labute approximate surface area is 144 Å². The molecule has 7 nitrogen and oxygen atoms in total. The molecule has 24 heavy (non-hydrogen) atoms. The number of carbonyl (C=O) groups is 1. The number of ether oxygens (including phenoxy) is 1. The van der Waals surface area contributed by atoms with E-state index in [9.17, 15) is 4.79 Å². The Morgan fingerprint density at radius 1 is 1.33 bits per heavy atom. The first-order chi connectivity index (χ1) is 11.6. The molecule has 1 amide bonds. The van der Waals surface area contributed by atoms with Crippen LogP contribution in [0, 0.1) is 0 Å². The van der Waals surface area contributed by atoms with E-state index in [1.165, 1.54) is 6.33 Å². The number of rotatable bonds is 3. The summed E-state index contributed by atoms with van der Waals surface area (Å²) in [5.41, 5.74) is 2.37. The molecule has 1 fully saturated rings. The number of morpholine rings is 1. The van der Waals surface area contributed by atoms with Gasteiger partial charge in [-0.3, -0.25) is 4.79 Å². The van der Waals surface area contributed by atoms with Crippen molar-refractivity contribution in [3.8, 4) is 11.4 Å². The number of nitrogens with zero attached hydrogens (tertiary/aromatic N) is 3. The smallest absolute Gasteiger partial charge is 0.269 e. The maximum absolute atomic E-state index is 11.7. The third-order valence-electron chi connectivity index (χ3n) is 3.88. The van der Waals surface area contributed by atoms with Gasteiger partial charge in [0.25, 0.3) is 5.91 Å². The average Bonchev–Trinajstić information content (AvgIpc) is 2.61. The van der Waals surface area contributed by atoms with Crippen LogP contribution in [0.5, 0.6) is 0 Å². The highest BCUT2D eigenvalue weighted by molar-refractivity contribution is 6.29. The van der Waals surface area contributed by atoms with Gasteiger partial charge in [-0.05, 0) is 30.7 Å². The summed E-state index contributed by atoms with van der Waals surface area (Å²) in [4.78, 5) is 24.2. The maximum atomic E-state index is 11.7. The Bertz CT molecular complexity index is 755. The zero-order valence-corrected chi connectivity index (χ0v) is 14.2. The molecule has 0 aliphatic carbocycles. The van der Waals surface area contributed by atoms with Crippen molar-refractivity contribution in [1.82, 2.24) is 25.6 Å². The summed E-state index contributed by atoms with van der Waals surface area (Å²) < 4.78 is 5.69. The van der Waals surface area contributed by atoms with Crippen molar-refractivity contribution >= 4 is 17.5 Å². The number of hydrogen-bond acceptors (Lipinski definition) is 6. The maximum Gasteiger partial charge on any atom is 0.269 e. The summed E-state index contributed by atoms with van der Waals surface area (Å²) in [7, 11) is 1.55. The molecule has 1 saturated heterocycles. The van der Waals surface area contributed by atoms with Crippen LogP contribution in [-0.4, -0.2) is 47.2 Å². The molecule has 2 unspecified atom stereocenters. The first-order valence-corrected chi connectivity index (χ1v) is 8.03. The Balaban J connectivity index is 1.98. The van der Waals surface area contributed by atoms with Gasteiger partial charge in [-0.2, -0.15) is 0 Å². The van der Waals surface area contributed by atoms with E-state index in [1.54, 1.807) is 13.1 Å². The molecule has 1 aliphatic heterocycles. The molecule has 3 heterocycles. The van der Waals surface area contributed by atoms with Gasteiger partial charge in [0.1, 0.15) is 17.2 Å². The van der Waals surface area contributed by atoms with Gasteiger partial charge < -0.3 is 15.4 Å². The summed E-state index contributed by atoms with van der Waals surface area (Å²) in [5.74, 6) is -0.281. The molecule has 0 aromatic carbocycles. The van der Waals surface area contributed by atoms with E-state index in [1.807, 2.05) is 19.1 Å². The van der Waals surface area contributed by atoms with E-state index in [0.29, 0.717) is 23.1 Å². The molecule has 0 spiro atoms. The van der Waals surface area contributed by atoms with Crippen molar-refractivity contribution in [2.45, 2.75) is 19.1 Å². The Kier molecular flexibility index (Phi) is 5.03. The molecule has 2 aromatic rings. The van der Waals surface area contributed by atoms with Gasteiger partial charge in [0.05, 0.1) is 30.1 Å². The fourth-order valence-corrected chi connectivity index (χ4v) is 2.90. The SMILES string of the molecule is CNC(=O)c1cc(-c2cc(C3NCCOC3C)cc(Cl)n2)ncn1. The minimum absolute atomic E-state index is 0.0249. The molecule has 0 radical (unpaired) electrons. The molecule has 8 heteroatoms. The molecule has 3 rings (SSSR count). The summed E-state index contributed by atoms with van der Waals surface area (Å²) in [5, 5.41) is 6.32. The minimum atomic E-state index is -0.281. The summed E-state index contributed by atoms with van der Waals surface area (Å²) >= 11 is 6.19. The van der Waals surface area contributed by atoms with E-state index in [4.69, 9.17) is 16.3 Å². The number of nitrogens with one attached hydrogen (secondary N) is 2. The topological polar surface area (TPSA) is 89.0 Å². The Morgan fingerprint density at radius 2 is 2.17 bits per heavy atom. The number of hydrogen-bond donors (Lipinski definition) is 2. The summed E-state index contributed by atoms with van der Waals surface area (Å²) in [6, 6.07) is 5.34. The molecular weight excluding hydrogens is 330 g/mol. The lowest BCUT2D eigenvalue weighted by atomic mass is 10.0. The summed E-state index contributed by atoms with van der Waals surface area (Å²) in [6.45, 7) is 3.47. The van der Waals surface area contributed by atoms with E-state index in [2.05, 4.69) is 25.6 Å². The van der Waals surface area contributed by atoms with Crippen molar-refractivity contribution in [2.75, 3.05) is 20.2 Å². The van der Waals surface area contributed by atoms with E-state index in [-0.39, 0.29) is 23.7 Å². The fourth-order valence-electron chi connectivity index (χ4n) is 2.69. The van der Waals surface area contributed by atoms with Gasteiger partial charge in [-0.15, -0.1) is 0 Å². The molecule has 0 saturated carbocycles. The second-order valence-corrected chi connectivity index (χ2v) is 5.87. The normalized spacial score (nSPS) is 20.6. The monoisotopic (exact) mass is 347 g/mol. The van der Waals surface area contributed by atoms with E-state index < -0.39 is 0 Å². The lowest BCUT2D eigenvalue weighted by Crippen LogP contribution is -2.40. The highest BCUT2D eigenvalue weighted by Gasteiger charge is 2.24. The third kappa shape index (κ3) is 3.53. The van der Waals surface area contributed by atoms with Crippen molar-refractivity contribution in [3.05, 3.63) is 40.9 Å². The van der Waals surface area contributed by atoms with Crippen LogP contribution in [0.15, 0.2) is 24.5 Å². The average molecular weight is 348 g/mol. The van der Waals surface area contributed by atoms with Gasteiger partial charge in [0.15, 0.2) is 0 Å². The fraction of sp³-hybridized carbons (Fsp3) is 0.375. The Hall–Kier alpha value is -2.09. The quantitative estimate of drug-likeness (QED) is 0.820. The first kappa shape index (κ1) is 16.8. The van der Waals surface area contributed by atoms with E-state index in [0.717, 1.165) is 12.1 Å². The first-order valence-electron chi connectivity index (χ1n) is 7.65. The molecule has 2 N–H and O–H groups in total. The second-order valence-electron chi connectivity index (χ2n) is 5.48. The molecular formula is C16H18ClN5O2. The van der Waals surface area contributed by atoms with Crippen LogP contribution < -0.4 is 10.6 Å². The largest absolute Gasteiger partial charge is 0.375 e. The van der Waals surface area contributed by atoms with Crippen molar-refractivity contribution in [3.63, 3.8) is 0 Å². The predicted molar refractivity (Wildman–Crippen MR) is 89.8 cm³/mol. The van der Waals surface area contributed by atoms with Crippen LogP contribution in [-0.2, 0) is 4.74 Å². The van der Waals surface area contributed by atoms with Gasteiger partial charge in [-0.25, -0.2) is 15.0 Å². The number of pyridine rings is 1. The standard InChI is InChI=1S/C16H18ClN5O2/c1-9-15(19-3-4-24-9)10-5-12(22-14(17)6-10)11-7-13(16(23)18-2)21-8-20-11/h5-9,15,19H,3-4H2,1-2H3,(H,18,23). The van der Waals surface area contributed by atoms with Crippen LogP contribution in [0.3, 0.4) is 0 Å².